The Kier molecular flexibility index (Phi) is 2.75. The molecule has 0 saturated heterocycles. The monoisotopic (exact) mass is 269 g/mol. The second-order valence-electron chi connectivity index (χ2n) is 4.60. The van der Waals surface area contributed by atoms with Crippen molar-refractivity contribution in [3.63, 3.8) is 0 Å². The molecule has 3 aromatic rings. The number of rotatable bonds is 2. The molecule has 0 spiro atoms. The van der Waals surface area contributed by atoms with Crippen LogP contribution in [-0.2, 0) is 4.79 Å². The molecule has 0 aliphatic carbocycles. The number of pyridine rings is 1. The molecule has 20 heavy (non-hydrogen) atoms. The van der Waals surface area contributed by atoms with Crippen molar-refractivity contribution >= 4 is 28.0 Å². The summed E-state index contributed by atoms with van der Waals surface area (Å²) in [5.41, 5.74) is 1.06. The van der Waals surface area contributed by atoms with Gasteiger partial charge in [-0.25, -0.2) is 4.98 Å². The van der Waals surface area contributed by atoms with Gasteiger partial charge in [-0.15, -0.1) is 0 Å². The highest BCUT2D eigenvalue weighted by Gasteiger charge is 2.16. The summed E-state index contributed by atoms with van der Waals surface area (Å²) in [7, 11) is 0. The van der Waals surface area contributed by atoms with Crippen LogP contribution in [0.4, 0.5) is 0 Å². The van der Waals surface area contributed by atoms with Crippen molar-refractivity contribution in [2.75, 3.05) is 0 Å². The molecule has 5 heteroatoms. The summed E-state index contributed by atoms with van der Waals surface area (Å²) in [6, 6.07) is 8.14. The number of aromatic nitrogens is 1. The first-order chi connectivity index (χ1) is 9.58. The first kappa shape index (κ1) is 12.3. The molecule has 0 aliphatic heterocycles. The van der Waals surface area contributed by atoms with Crippen LogP contribution < -0.4 is 5.43 Å². The molecule has 0 bridgehead atoms. The minimum Gasteiger partial charge on any atom is -0.481 e. The number of carboxylic acid groups (broad SMARTS) is 1. The fourth-order valence-corrected chi connectivity index (χ4v) is 2.12. The molecule has 1 atom stereocenters. The topological polar surface area (TPSA) is 80.4 Å². The van der Waals surface area contributed by atoms with Gasteiger partial charge in [0.2, 0.25) is 11.1 Å². The van der Waals surface area contributed by atoms with Crippen LogP contribution in [0.25, 0.3) is 22.1 Å². The zero-order valence-electron chi connectivity index (χ0n) is 10.7. The van der Waals surface area contributed by atoms with Crippen molar-refractivity contribution in [1.29, 1.82) is 0 Å². The average molecular weight is 269 g/mol. The third-order valence-corrected chi connectivity index (χ3v) is 3.34. The highest BCUT2D eigenvalue weighted by molar-refractivity contribution is 5.89. The maximum absolute atomic E-state index is 12.4. The minimum atomic E-state index is -0.934. The summed E-state index contributed by atoms with van der Waals surface area (Å²) < 4.78 is 5.56. The lowest BCUT2D eigenvalue weighted by Crippen LogP contribution is -2.09. The number of carbonyl (C=O) groups is 1. The Labute approximate surface area is 113 Å². The summed E-state index contributed by atoms with van der Waals surface area (Å²) in [4.78, 5) is 27.4. The van der Waals surface area contributed by atoms with Gasteiger partial charge in [0.05, 0.1) is 16.7 Å². The van der Waals surface area contributed by atoms with Gasteiger partial charge < -0.3 is 9.52 Å². The second kappa shape index (κ2) is 4.45. The van der Waals surface area contributed by atoms with E-state index in [0.29, 0.717) is 21.9 Å². The summed E-state index contributed by atoms with van der Waals surface area (Å²) in [6.07, 6.45) is 1.55. The lowest BCUT2D eigenvalue weighted by molar-refractivity contribution is -0.138. The number of hydrogen-bond donors (Lipinski definition) is 1. The van der Waals surface area contributed by atoms with Gasteiger partial charge in [-0.2, -0.15) is 0 Å². The van der Waals surface area contributed by atoms with E-state index in [0.717, 1.165) is 0 Å². The molecule has 0 amide bonds. The number of carboxylic acids is 1. The molecule has 100 valence electrons. The van der Waals surface area contributed by atoms with Gasteiger partial charge in [0.15, 0.2) is 0 Å². The molecule has 0 radical (unpaired) electrons. The van der Waals surface area contributed by atoms with E-state index in [1.807, 2.05) is 0 Å². The normalized spacial score (nSPS) is 12.7. The fraction of sp³-hybridized carbons (Fsp3) is 0.133. The van der Waals surface area contributed by atoms with E-state index in [-0.39, 0.29) is 11.1 Å². The first-order valence-electron chi connectivity index (χ1n) is 6.12. The van der Waals surface area contributed by atoms with Crippen LogP contribution in [0.2, 0.25) is 0 Å². The van der Waals surface area contributed by atoms with E-state index >= 15 is 0 Å². The van der Waals surface area contributed by atoms with Gasteiger partial charge >= 0.3 is 5.97 Å². The van der Waals surface area contributed by atoms with Crippen molar-refractivity contribution in [1.82, 2.24) is 4.98 Å². The molecule has 0 aliphatic rings. The Hall–Kier alpha value is -2.69. The minimum absolute atomic E-state index is 0.200. The molecular weight excluding hydrogens is 258 g/mol. The van der Waals surface area contributed by atoms with E-state index in [9.17, 15) is 9.59 Å². The highest BCUT2D eigenvalue weighted by atomic mass is 16.4. The standard InChI is InChI=1S/C15H11NO4/c1-8(15(18)19)9-4-5-12-11(7-9)13(17)10-3-2-6-16-14(10)20-12/h2-8H,1H3,(H,18,19). The van der Waals surface area contributed by atoms with E-state index in [1.165, 1.54) is 0 Å². The zero-order valence-corrected chi connectivity index (χ0v) is 10.7. The van der Waals surface area contributed by atoms with E-state index in [2.05, 4.69) is 4.98 Å². The Bertz CT molecular complexity index is 882. The fourth-order valence-electron chi connectivity index (χ4n) is 2.12. The molecule has 0 fully saturated rings. The van der Waals surface area contributed by atoms with Crippen molar-refractivity contribution in [2.24, 2.45) is 0 Å². The number of benzene rings is 1. The first-order valence-corrected chi connectivity index (χ1v) is 6.12. The number of nitrogens with zero attached hydrogens (tertiary/aromatic N) is 1. The lowest BCUT2D eigenvalue weighted by atomic mass is 9.99. The molecule has 1 aromatic carbocycles. The molecular formula is C15H11NO4. The van der Waals surface area contributed by atoms with E-state index in [4.69, 9.17) is 9.52 Å². The van der Waals surface area contributed by atoms with Gasteiger partial charge in [-0.05, 0) is 36.8 Å². The largest absolute Gasteiger partial charge is 0.481 e. The van der Waals surface area contributed by atoms with Crippen molar-refractivity contribution in [2.45, 2.75) is 12.8 Å². The van der Waals surface area contributed by atoms with Crippen LogP contribution in [0.5, 0.6) is 0 Å². The van der Waals surface area contributed by atoms with Crippen LogP contribution in [0.3, 0.4) is 0 Å². The Balaban J connectivity index is 2.34. The van der Waals surface area contributed by atoms with Crippen molar-refractivity contribution in [3.05, 3.63) is 52.3 Å². The highest BCUT2D eigenvalue weighted by Crippen LogP contribution is 2.22. The van der Waals surface area contributed by atoms with Crippen LogP contribution in [0.1, 0.15) is 18.4 Å². The van der Waals surface area contributed by atoms with Crippen LogP contribution in [0, 0.1) is 0 Å². The van der Waals surface area contributed by atoms with Gasteiger partial charge in [0.25, 0.3) is 0 Å². The summed E-state index contributed by atoms with van der Waals surface area (Å²) in [6.45, 7) is 1.58. The molecule has 3 rings (SSSR count). The van der Waals surface area contributed by atoms with Gasteiger partial charge in [0.1, 0.15) is 5.58 Å². The number of fused-ring (bicyclic) bond motifs is 2. The number of aliphatic carboxylic acids is 1. The molecule has 5 nitrogen and oxygen atoms in total. The summed E-state index contributed by atoms with van der Waals surface area (Å²) in [5, 5.41) is 9.80. The van der Waals surface area contributed by atoms with Crippen LogP contribution in [-0.4, -0.2) is 16.1 Å². The maximum Gasteiger partial charge on any atom is 0.310 e. The third-order valence-electron chi connectivity index (χ3n) is 3.34. The van der Waals surface area contributed by atoms with Crippen molar-refractivity contribution < 1.29 is 14.3 Å². The lowest BCUT2D eigenvalue weighted by Gasteiger charge is -2.07. The van der Waals surface area contributed by atoms with E-state index in [1.54, 1.807) is 43.5 Å². The third kappa shape index (κ3) is 1.84. The smallest absolute Gasteiger partial charge is 0.310 e. The molecule has 2 heterocycles. The SMILES string of the molecule is CC(C(=O)O)c1ccc2oc3ncccc3c(=O)c2c1. The molecule has 2 aromatic heterocycles. The van der Waals surface area contributed by atoms with Gasteiger partial charge in [-0.3, -0.25) is 9.59 Å². The predicted octanol–water partition coefficient (Wildman–Crippen LogP) is 2.53. The van der Waals surface area contributed by atoms with E-state index < -0.39 is 11.9 Å². The quantitative estimate of drug-likeness (QED) is 0.723. The van der Waals surface area contributed by atoms with Crippen LogP contribution in [0.15, 0.2) is 45.7 Å². The predicted molar refractivity (Wildman–Crippen MR) is 73.8 cm³/mol. The van der Waals surface area contributed by atoms with Gasteiger partial charge in [-0.1, -0.05) is 6.07 Å². The number of hydrogen-bond acceptors (Lipinski definition) is 4. The Morgan fingerprint density at radius 2 is 2.10 bits per heavy atom. The summed E-state index contributed by atoms with van der Waals surface area (Å²) in [5.74, 6) is -1.61. The Morgan fingerprint density at radius 1 is 1.30 bits per heavy atom. The maximum atomic E-state index is 12.4. The molecule has 0 saturated carbocycles. The zero-order chi connectivity index (χ0) is 14.3. The second-order valence-corrected chi connectivity index (χ2v) is 4.60. The molecule has 1 N–H and O–H groups in total. The van der Waals surface area contributed by atoms with Gasteiger partial charge in [0, 0.05) is 6.20 Å². The van der Waals surface area contributed by atoms with Crippen molar-refractivity contribution in [3.8, 4) is 0 Å². The summed E-state index contributed by atoms with van der Waals surface area (Å²) >= 11 is 0. The Morgan fingerprint density at radius 3 is 2.85 bits per heavy atom. The average Bonchev–Trinajstić information content (AvgIpc) is 2.46. The van der Waals surface area contributed by atoms with Crippen LogP contribution >= 0.6 is 0 Å². The molecule has 1 unspecified atom stereocenters.